The van der Waals surface area contributed by atoms with Gasteiger partial charge in [0.05, 0.1) is 7.11 Å². The lowest BCUT2D eigenvalue weighted by atomic mass is 9.89. The summed E-state index contributed by atoms with van der Waals surface area (Å²) in [6, 6.07) is 4.28. The molecule has 2 fully saturated rings. The predicted molar refractivity (Wildman–Crippen MR) is 117 cm³/mol. The zero-order valence-corrected chi connectivity index (χ0v) is 18.4. The van der Waals surface area contributed by atoms with E-state index < -0.39 is 0 Å². The van der Waals surface area contributed by atoms with E-state index in [2.05, 4.69) is 27.5 Å². The van der Waals surface area contributed by atoms with Gasteiger partial charge in [-0.25, -0.2) is 9.78 Å². The Labute approximate surface area is 179 Å². The number of carbonyl (C=O) groups excluding carboxylic acids is 1. The molecule has 0 bridgehead atoms. The average Bonchev–Trinajstić information content (AvgIpc) is 2.78. The second kappa shape index (κ2) is 11.0. The van der Waals surface area contributed by atoms with Gasteiger partial charge in [-0.1, -0.05) is 6.92 Å². The number of aliphatic imine (C=N–C) groups is 1. The van der Waals surface area contributed by atoms with Crippen LogP contribution in [0.5, 0.6) is 5.88 Å². The minimum absolute atomic E-state index is 0.255. The molecule has 1 aromatic heterocycles. The van der Waals surface area contributed by atoms with E-state index in [9.17, 15) is 4.79 Å². The van der Waals surface area contributed by atoms with Gasteiger partial charge in [-0.3, -0.25) is 4.99 Å². The van der Waals surface area contributed by atoms with Crippen LogP contribution in [0.25, 0.3) is 0 Å². The molecule has 2 aliphatic rings. The number of piperidine rings is 1. The molecule has 0 radical (unpaired) electrons. The molecule has 8 heteroatoms. The standard InChI is InChI=1S/C22H35N5O3/c1-16-4-6-19(7-5-16)30-20-14-17(8-11-24-20)15-25-21(23-2)26-18-9-12-27(13-10-18)22(28)29-3/h8,11,14,16,18-19H,4-7,9-10,12-13,15H2,1-3H3,(H2,23,25,26). The first-order valence-electron chi connectivity index (χ1n) is 11.0. The fourth-order valence-electron chi connectivity index (χ4n) is 4.05. The van der Waals surface area contributed by atoms with E-state index in [1.54, 1.807) is 18.1 Å². The number of ether oxygens (including phenoxy) is 2. The normalized spacial score (nSPS) is 23.0. The molecule has 166 valence electrons. The number of hydrogen-bond donors (Lipinski definition) is 2. The number of aromatic nitrogens is 1. The summed E-state index contributed by atoms with van der Waals surface area (Å²) in [5, 5.41) is 6.82. The minimum atomic E-state index is -0.255. The summed E-state index contributed by atoms with van der Waals surface area (Å²) >= 11 is 0. The largest absolute Gasteiger partial charge is 0.474 e. The smallest absolute Gasteiger partial charge is 0.409 e. The van der Waals surface area contributed by atoms with Crippen LogP contribution < -0.4 is 15.4 Å². The molecule has 2 heterocycles. The molecule has 30 heavy (non-hydrogen) atoms. The van der Waals surface area contributed by atoms with E-state index in [4.69, 9.17) is 9.47 Å². The summed E-state index contributed by atoms with van der Waals surface area (Å²) in [7, 11) is 3.19. The molecular formula is C22H35N5O3. The SMILES string of the molecule is CN=C(NCc1ccnc(OC2CCC(C)CC2)c1)NC1CCN(C(=O)OC)CC1. The van der Waals surface area contributed by atoms with E-state index in [0.717, 1.165) is 43.1 Å². The second-order valence-corrected chi connectivity index (χ2v) is 8.30. The average molecular weight is 418 g/mol. The molecule has 1 aromatic rings. The lowest BCUT2D eigenvalue weighted by Gasteiger charge is -2.32. The highest BCUT2D eigenvalue weighted by molar-refractivity contribution is 5.80. The van der Waals surface area contributed by atoms with Gasteiger partial charge in [0, 0.05) is 45.0 Å². The lowest BCUT2D eigenvalue weighted by molar-refractivity contribution is 0.111. The topological polar surface area (TPSA) is 88.1 Å². The van der Waals surface area contributed by atoms with Gasteiger partial charge in [0.15, 0.2) is 5.96 Å². The van der Waals surface area contributed by atoms with Gasteiger partial charge in [-0.2, -0.15) is 0 Å². The van der Waals surface area contributed by atoms with Crippen LogP contribution in [-0.4, -0.2) is 61.3 Å². The van der Waals surface area contributed by atoms with Crippen LogP contribution >= 0.6 is 0 Å². The van der Waals surface area contributed by atoms with E-state index >= 15 is 0 Å². The Bertz CT molecular complexity index is 710. The monoisotopic (exact) mass is 417 g/mol. The summed E-state index contributed by atoms with van der Waals surface area (Å²) in [6.07, 6.45) is 8.23. The zero-order chi connectivity index (χ0) is 21.3. The first-order valence-corrected chi connectivity index (χ1v) is 11.0. The maximum atomic E-state index is 11.6. The molecule has 0 atom stereocenters. The molecule has 3 rings (SSSR count). The lowest BCUT2D eigenvalue weighted by Crippen LogP contribution is -2.49. The molecule has 1 amide bonds. The van der Waals surface area contributed by atoms with Gasteiger partial charge in [0.1, 0.15) is 6.10 Å². The van der Waals surface area contributed by atoms with Gasteiger partial charge in [-0.05, 0) is 56.1 Å². The number of pyridine rings is 1. The number of hydrogen-bond acceptors (Lipinski definition) is 5. The van der Waals surface area contributed by atoms with Crippen molar-refractivity contribution in [2.45, 2.75) is 64.1 Å². The van der Waals surface area contributed by atoms with E-state index in [0.29, 0.717) is 25.5 Å². The highest BCUT2D eigenvalue weighted by atomic mass is 16.5. The van der Waals surface area contributed by atoms with Gasteiger partial charge < -0.3 is 25.0 Å². The zero-order valence-electron chi connectivity index (χ0n) is 18.4. The van der Waals surface area contributed by atoms with Crippen LogP contribution in [0.15, 0.2) is 23.3 Å². The van der Waals surface area contributed by atoms with Crippen LogP contribution in [0.4, 0.5) is 4.79 Å². The van der Waals surface area contributed by atoms with E-state index in [1.807, 2.05) is 12.1 Å². The molecule has 8 nitrogen and oxygen atoms in total. The Morgan fingerprint density at radius 2 is 1.97 bits per heavy atom. The summed E-state index contributed by atoms with van der Waals surface area (Å²) in [4.78, 5) is 22.1. The Hall–Kier alpha value is -2.51. The molecular weight excluding hydrogens is 382 g/mol. The number of rotatable bonds is 5. The molecule has 1 aliphatic heterocycles. The van der Waals surface area contributed by atoms with Gasteiger partial charge >= 0.3 is 6.09 Å². The molecule has 2 N–H and O–H groups in total. The minimum Gasteiger partial charge on any atom is -0.474 e. The number of nitrogens with one attached hydrogen (secondary N) is 2. The third kappa shape index (κ3) is 6.50. The molecule has 1 saturated carbocycles. The van der Waals surface area contributed by atoms with Crippen molar-refractivity contribution in [2.24, 2.45) is 10.9 Å². The van der Waals surface area contributed by atoms with Crippen LogP contribution in [0.2, 0.25) is 0 Å². The number of carbonyl (C=O) groups is 1. The number of nitrogens with zero attached hydrogens (tertiary/aromatic N) is 3. The Kier molecular flexibility index (Phi) is 8.16. The van der Waals surface area contributed by atoms with Crippen LogP contribution in [0.3, 0.4) is 0 Å². The third-order valence-electron chi connectivity index (χ3n) is 6.00. The Morgan fingerprint density at radius 1 is 1.23 bits per heavy atom. The highest BCUT2D eigenvalue weighted by Gasteiger charge is 2.24. The van der Waals surface area contributed by atoms with Crippen molar-refractivity contribution in [3.8, 4) is 5.88 Å². The Balaban J connectivity index is 1.44. The maximum Gasteiger partial charge on any atom is 0.409 e. The summed E-state index contributed by atoms with van der Waals surface area (Å²) < 4.78 is 10.9. The van der Waals surface area contributed by atoms with Crippen LogP contribution in [0, 0.1) is 5.92 Å². The Morgan fingerprint density at radius 3 is 2.63 bits per heavy atom. The van der Waals surface area contributed by atoms with Crippen molar-refractivity contribution in [3.05, 3.63) is 23.9 Å². The molecule has 0 aromatic carbocycles. The van der Waals surface area contributed by atoms with Crippen LogP contribution in [-0.2, 0) is 11.3 Å². The van der Waals surface area contributed by atoms with Gasteiger partial charge in [0.2, 0.25) is 5.88 Å². The molecule has 1 saturated heterocycles. The molecule has 0 spiro atoms. The van der Waals surface area contributed by atoms with Crippen molar-refractivity contribution in [1.29, 1.82) is 0 Å². The van der Waals surface area contributed by atoms with Gasteiger partial charge in [-0.15, -0.1) is 0 Å². The van der Waals surface area contributed by atoms with Crippen molar-refractivity contribution in [3.63, 3.8) is 0 Å². The number of likely N-dealkylation sites (tertiary alicyclic amines) is 1. The van der Waals surface area contributed by atoms with Crippen molar-refractivity contribution in [1.82, 2.24) is 20.5 Å². The number of amides is 1. The maximum absolute atomic E-state index is 11.6. The van der Waals surface area contributed by atoms with Crippen molar-refractivity contribution < 1.29 is 14.3 Å². The summed E-state index contributed by atoms with van der Waals surface area (Å²) in [5.74, 6) is 2.26. The molecule has 0 unspecified atom stereocenters. The summed E-state index contributed by atoms with van der Waals surface area (Å²) in [6.45, 7) is 4.32. The predicted octanol–water partition coefficient (Wildman–Crippen LogP) is 2.93. The quantitative estimate of drug-likeness (QED) is 0.566. The van der Waals surface area contributed by atoms with E-state index in [1.165, 1.54) is 20.0 Å². The first-order chi connectivity index (χ1) is 14.6. The molecule has 1 aliphatic carbocycles. The van der Waals surface area contributed by atoms with Crippen molar-refractivity contribution >= 4 is 12.1 Å². The van der Waals surface area contributed by atoms with E-state index in [-0.39, 0.29) is 18.2 Å². The summed E-state index contributed by atoms with van der Waals surface area (Å²) in [5.41, 5.74) is 1.10. The fourth-order valence-corrected chi connectivity index (χ4v) is 4.05. The first kappa shape index (κ1) is 22.2. The number of guanidine groups is 1. The number of methoxy groups -OCH3 is 1. The van der Waals surface area contributed by atoms with Crippen molar-refractivity contribution in [2.75, 3.05) is 27.2 Å². The van der Waals surface area contributed by atoms with Gasteiger partial charge in [0.25, 0.3) is 0 Å². The third-order valence-corrected chi connectivity index (χ3v) is 6.00. The van der Waals surface area contributed by atoms with Crippen LogP contribution in [0.1, 0.15) is 51.0 Å². The second-order valence-electron chi connectivity index (χ2n) is 8.30. The highest BCUT2D eigenvalue weighted by Crippen LogP contribution is 2.26. The fraction of sp³-hybridized carbons (Fsp3) is 0.682.